The number of anilines is 1. The van der Waals surface area contributed by atoms with Crippen molar-refractivity contribution in [1.82, 2.24) is 14.6 Å². The standard InChI is InChI=1S/C20H24N4O/c1-20(2,3)15-10-12-16(13-11-15)21-19(25)9-6-8-18-23-22-17-7-4-5-14-24(17)18/h4-5,7,10-14H,6,8-9H2,1-3H3,(H,21,25). The van der Waals surface area contributed by atoms with E-state index in [0.717, 1.165) is 30.0 Å². The van der Waals surface area contributed by atoms with Crippen LogP contribution in [0.2, 0.25) is 0 Å². The lowest BCUT2D eigenvalue weighted by Crippen LogP contribution is -2.13. The normalized spacial score (nSPS) is 11.6. The summed E-state index contributed by atoms with van der Waals surface area (Å²) in [6.07, 6.45) is 3.87. The van der Waals surface area contributed by atoms with Crippen molar-refractivity contribution in [3.63, 3.8) is 0 Å². The number of carbonyl (C=O) groups excluding carboxylic acids is 1. The summed E-state index contributed by atoms with van der Waals surface area (Å²) < 4.78 is 1.96. The summed E-state index contributed by atoms with van der Waals surface area (Å²) in [4.78, 5) is 12.1. The maximum Gasteiger partial charge on any atom is 0.224 e. The Morgan fingerprint density at radius 2 is 1.84 bits per heavy atom. The minimum Gasteiger partial charge on any atom is -0.326 e. The van der Waals surface area contributed by atoms with Gasteiger partial charge in [-0.05, 0) is 41.7 Å². The molecule has 5 heteroatoms. The van der Waals surface area contributed by atoms with E-state index in [-0.39, 0.29) is 11.3 Å². The maximum atomic E-state index is 12.1. The van der Waals surface area contributed by atoms with Crippen LogP contribution >= 0.6 is 0 Å². The van der Waals surface area contributed by atoms with Crippen molar-refractivity contribution < 1.29 is 4.79 Å². The second kappa shape index (κ2) is 7.05. The molecule has 0 bridgehead atoms. The lowest BCUT2D eigenvalue weighted by molar-refractivity contribution is -0.116. The predicted octanol–water partition coefficient (Wildman–Crippen LogP) is 3.99. The van der Waals surface area contributed by atoms with Gasteiger partial charge in [0.05, 0.1) is 0 Å². The Morgan fingerprint density at radius 3 is 2.56 bits per heavy atom. The van der Waals surface area contributed by atoms with Crippen molar-refractivity contribution in [2.45, 2.75) is 45.4 Å². The van der Waals surface area contributed by atoms with Gasteiger partial charge < -0.3 is 5.32 Å². The van der Waals surface area contributed by atoms with Gasteiger partial charge in [-0.2, -0.15) is 0 Å². The van der Waals surface area contributed by atoms with E-state index in [1.54, 1.807) is 0 Å². The number of carbonyl (C=O) groups is 1. The molecule has 1 amide bonds. The first-order chi connectivity index (χ1) is 11.9. The molecule has 0 saturated heterocycles. The molecule has 0 aliphatic carbocycles. The van der Waals surface area contributed by atoms with Crippen LogP contribution in [0.4, 0.5) is 5.69 Å². The largest absolute Gasteiger partial charge is 0.326 e. The van der Waals surface area contributed by atoms with Crippen LogP contribution in [0.5, 0.6) is 0 Å². The van der Waals surface area contributed by atoms with Gasteiger partial charge in [-0.1, -0.05) is 39.0 Å². The molecular weight excluding hydrogens is 312 g/mol. The summed E-state index contributed by atoms with van der Waals surface area (Å²) in [5, 5.41) is 11.3. The second-order valence-corrected chi connectivity index (χ2v) is 7.27. The Balaban J connectivity index is 1.51. The van der Waals surface area contributed by atoms with E-state index in [9.17, 15) is 4.79 Å². The number of hydrogen-bond donors (Lipinski definition) is 1. The highest BCUT2D eigenvalue weighted by molar-refractivity contribution is 5.90. The van der Waals surface area contributed by atoms with Crippen LogP contribution in [0.3, 0.4) is 0 Å². The fourth-order valence-corrected chi connectivity index (χ4v) is 2.75. The van der Waals surface area contributed by atoms with E-state index in [4.69, 9.17) is 0 Å². The fraction of sp³-hybridized carbons (Fsp3) is 0.350. The maximum absolute atomic E-state index is 12.1. The van der Waals surface area contributed by atoms with Crippen LogP contribution in [-0.4, -0.2) is 20.5 Å². The van der Waals surface area contributed by atoms with Crippen LogP contribution in [0.1, 0.15) is 45.0 Å². The smallest absolute Gasteiger partial charge is 0.224 e. The highest BCUT2D eigenvalue weighted by atomic mass is 16.1. The molecule has 1 N–H and O–H groups in total. The zero-order valence-corrected chi connectivity index (χ0v) is 15.0. The zero-order valence-electron chi connectivity index (χ0n) is 15.0. The first-order valence-electron chi connectivity index (χ1n) is 8.62. The molecule has 0 aliphatic heterocycles. The number of aryl methyl sites for hydroxylation is 1. The first-order valence-corrected chi connectivity index (χ1v) is 8.62. The van der Waals surface area contributed by atoms with E-state index in [2.05, 4.69) is 48.4 Å². The van der Waals surface area contributed by atoms with Crippen LogP contribution in [0.25, 0.3) is 5.65 Å². The Morgan fingerprint density at radius 1 is 1.08 bits per heavy atom. The monoisotopic (exact) mass is 336 g/mol. The number of aromatic nitrogens is 3. The number of benzene rings is 1. The summed E-state index contributed by atoms with van der Waals surface area (Å²) in [7, 11) is 0. The molecule has 5 nitrogen and oxygen atoms in total. The van der Waals surface area contributed by atoms with Gasteiger partial charge >= 0.3 is 0 Å². The quantitative estimate of drug-likeness (QED) is 0.766. The average molecular weight is 336 g/mol. The third-order valence-electron chi connectivity index (χ3n) is 4.22. The van der Waals surface area contributed by atoms with Crippen LogP contribution < -0.4 is 5.32 Å². The molecule has 2 aromatic heterocycles. The molecule has 1 aromatic carbocycles. The van der Waals surface area contributed by atoms with Crippen molar-refractivity contribution in [3.8, 4) is 0 Å². The molecule has 0 radical (unpaired) electrons. The van der Waals surface area contributed by atoms with Gasteiger partial charge in [-0.25, -0.2) is 0 Å². The van der Waals surface area contributed by atoms with Crippen molar-refractivity contribution in [2.75, 3.05) is 5.32 Å². The zero-order chi connectivity index (χ0) is 17.9. The number of nitrogens with one attached hydrogen (secondary N) is 1. The fourth-order valence-electron chi connectivity index (χ4n) is 2.75. The van der Waals surface area contributed by atoms with Crippen molar-refractivity contribution in [3.05, 3.63) is 60.0 Å². The van der Waals surface area contributed by atoms with E-state index >= 15 is 0 Å². The third kappa shape index (κ3) is 4.24. The van der Waals surface area contributed by atoms with E-state index in [1.165, 1.54) is 5.56 Å². The lowest BCUT2D eigenvalue weighted by atomic mass is 9.87. The SMILES string of the molecule is CC(C)(C)c1ccc(NC(=O)CCCc2nnc3ccccn23)cc1. The van der Waals surface area contributed by atoms with Crippen molar-refractivity contribution in [1.29, 1.82) is 0 Å². The topological polar surface area (TPSA) is 59.3 Å². The number of rotatable bonds is 5. The number of nitrogens with zero attached hydrogens (tertiary/aromatic N) is 3. The highest BCUT2D eigenvalue weighted by Crippen LogP contribution is 2.23. The number of pyridine rings is 1. The Kier molecular flexibility index (Phi) is 4.83. The molecule has 0 saturated carbocycles. The second-order valence-electron chi connectivity index (χ2n) is 7.27. The molecule has 0 aliphatic rings. The third-order valence-corrected chi connectivity index (χ3v) is 4.22. The minimum atomic E-state index is 0.0253. The molecular formula is C20H24N4O. The Hall–Kier alpha value is -2.69. The summed E-state index contributed by atoms with van der Waals surface area (Å²) in [5.74, 6) is 0.912. The van der Waals surface area contributed by atoms with Crippen LogP contribution in [0.15, 0.2) is 48.7 Å². The van der Waals surface area contributed by atoms with Gasteiger partial charge in [0.15, 0.2) is 5.65 Å². The first kappa shape index (κ1) is 17.1. The predicted molar refractivity (Wildman–Crippen MR) is 99.7 cm³/mol. The van der Waals surface area contributed by atoms with Crippen molar-refractivity contribution in [2.24, 2.45) is 0 Å². The molecule has 3 rings (SSSR count). The summed E-state index contributed by atoms with van der Waals surface area (Å²) >= 11 is 0. The van der Waals surface area contributed by atoms with E-state index < -0.39 is 0 Å². The molecule has 0 atom stereocenters. The van der Waals surface area contributed by atoms with Crippen molar-refractivity contribution >= 4 is 17.2 Å². The van der Waals surface area contributed by atoms with Crippen LogP contribution in [0, 0.1) is 0 Å². The van der Waals surface area contributed by atoms with E-state index in [0.29, 0.717) is 6.42 Å². The van der Waals surface area contributed by atoms with Crippen LogP contribution in [-0.2, 0) is 16.6 Å². The van der Waals surface area contributed by atoms with Gasteiger partial charge in [0.2, 0.25) is 5.91 Å². The lowest BCUT2D eigenvalue weighted by Gasteiger charge is -2.19. The highest BCUT2D eigenvalue weighted by Gasteiger charge is 2.13. The molecule has 3 aromatic rings. The molecule has 2 heterocycles. The number of fused-ring (bicyclic) bond motifs is 1. The molecule has 25 heavy (non-hydrogen) atoms. The molecule has 0 spiro atoms. The van der Waals surface area contributed by atoms with Gasteiger partial charge in [-0.15, -0.1) is 10.2 Å². The molecule has 0 unspecified atom stereocenters. The minimum absolute atomic E-state index is 0.0253. The van der Waals surface area contributed by atoms with Gasteiger partial charge in [0.1, 0.15) is 5.82 Å². The Labute approximate surface area is 148 Å². The van der Waals surface area contributed by atoms with Gasteiger partial charge in [-0.3, -0.25) is 9.20 Å². The van der Waals surface area contributed by atoms with Gasteiger partial charge in [0.25, 0.3) is 0 Å². The summed E-state index contributed by atoms with van der Waals surface area (Å²) in [6.45, 7) is 6.53. The molecule has 130 valence electrons. The number of amides is 1. The summed E-state index contributed by atoms with van der Waals surface area (Å²) in [6, 6.07) is 13.9. The average Bonchev–Trinajstić information content (AvgIpc) is 2.98. The van der Waals surface area contributed by atoms with Gasteiger partial charge in [0, 0.05) is 24.7 Å². The summed E-state index contributed by atoms with van der Waals surface area (Å²) in [5.41, 5.74) is 3.04. The Bertz CT molecular complexity index is 859. The number of hydrogen-bond acceptors (Lipinski definition) is 3. The molecule has 0 fully saturated rings. The van der Waals surface area contributed by atoms with E-state index in [1.807, 2.05) is 40.9 Å².